The fourth-order valence-electron chi connectivity index (χ4n) is 4.73. The summed E-state index contributed by atoms with van der Waals surface area (Å²) in [6, 6.07) is 7.80. The average molecular weight is 525 g/mol. The maximum atomic E-state index is 13.5. The van der Waals surface area contributed by atoms with Crippen LogP contribution >= 0.6 is 0 Å². The monoisotopic (exact) mass is 524 g/mol. The van der Waals surface area contributed by atoms with Crippen LogP contribution in [0.1, 0.15) is 60.5 Å². The number of fused-ring (bicyclic) bond motifs is 1. The molecule has 10 heteroatoms. The van der Waals surface area contributed by atoms with Gasteiger partial charge in [0.15, 0.2) is 5.75 Å². The third-order valence-corrected chi connectivity index (χ3v) is 6.72. The van der Waals surface area contributed by atoms with E-state index in [1.165, 1.54) is 23.6 Å². The Balaban J connectivity index is 1.70. The zero-order valence-electron chi connectivity index (χ0n) is 21.5. The highest BCUT2D eigenvalue weighted by molar-refractivity contribution is 6.01. The lowest BCUT2D eigenvalue weighted by Gasteiger charge is -2.21. The van der Waals surface area contributed by atoms with Gasteiger partial charge in [0.05, 0.1) is 11.6 Å². The summed E-state index contributed by atoms with van der Waals surface area (Å²) in [4.78, 5) is 44.9. The van der Waals surface area contributed by atoms with Gasteiger partial charge in [0.1, 0.15) is 16.9 Å². The molecule has 1 fully saturated rings. The topological polar surface area (TPSA) is 125 Å². The standard InChI is InChI=1S/C28H33FN4O5/c1-18(34)16-31-27(37)24-26(36)25-22(15-20(17-30-25)14-19-7-9-21(29)10-8-19)33(28(24)38)13-5-12-32-11-4-2-3-6-23(32)35/h7-10,15,17-18,34,36H,2-6,11-14,16H2,1H3,(H,31,37). The van der Waals surface area contributed by atoms with Crippen molar-refractivity contribution in [3.63, 3.8) is 0 Å². The van der Waals surface area contributed by atoms with E-state index in [1.54, 1.807) is 24.4 Å². The Labute approximate surface area is 219 Å². The molecule has 2 amide bonds. The van der Waals surface area contributed by atoms with Crippen molar-refractivity contribution in [2.75, 3.05) is 19.6 Å². The van der Waals surface area contributed by atoms with E-state index < -0.39 is 28.9 Å². The van der Waals surface area contributed by atoms with Crippen molar-refractivity contribution in [3.8, 4) is 5.75 Å². The summed E-state index contributed by atoms with van der Waals surface area (Å²) in [5.74, 6) is -1.57. The Hall–Kier alpha value is -3.79. The molecule has 1 aliphatic rings. The molecule has 38 heavy (non-hydrogen) atoms. The number of nitrogens with one attached hydrogen (secondary N) is 1. The number of carbonyl (C=O) groups excluding carboxylic acids is 2. The number of hydrogen-bond donors (Lipinski definition) is 3. The quantitative estimate of drug-likeness (QED) is 0.395. The SMILES string of the molecule is CC(O)CNC(=O)c1c(O)c2ncc(Cc3ccc(F)cc3)cc2n(CCCN2CCCCCC2=O)c1=O. The number of nitrogens with zero attached hydrogens (tertiary/aromatic N) is 3. The lowest BCUT2D eigenvalue weighted by molar-refractivity contribution is -0.130. The van der Waals surface area contributed by atoms with Gasteiger partial charge in [-0.1, -0.05) is 18.6 Å². The summed E-state index contributed by atoms with van der Waals surface area (Å²) in [5, 5.41) is 22.9. The maximum absolute atomic E-state index is 13.5. The molecule has 1 saturated heterocycles. The Kier molecular flexibility index (Phi) is 8.73. The second-order valence-corrected chi connectivity index (χ2v) is 9.80. The van der Waals surface area contributed by atoms with E-state index in [4.69, 9.17) is 0 Å². The molecule has 0 saturated carbocycles. The Morgan fingerprint density at radius 2 is 1.89 bits per heavy atom. The first-order valence-electron chi connectivity index (χ1n) is 13.0. The minimum atomic E-state index is -0.831. The van der Waals surface area contributed by atoms with E-state index in [1.807, 2.05) is 4.90 Å². The van der Waals surface area contributed by atoms with Crippen molar-refractivity contribution >= 4 is 22.8 Å². The number of amides is 2. The van der Waals surface area contributed by atoms with Crippen molar-refractivity contribution in [2.24, 2.45) is 0 Å². The van der Waals surface area contributed by atoms with Crippen LogP contribution in [-0.4, -0.2) is 62.2 Å². The number of aliphatic hydroxyl groups is 1. The largest absolute Gasteiger partial charge is 0.505 e. The lowest BCUT2D eigenvalue weighted by atomic mass is 10.1. The number of aliphatic hydroxyl groups excluding tert-OH is 1. The van der Waals surface area contributed by atoms with Crippen molar-refractivity contribution in [2.45, 2.75) is 58.1 Å². The molecule has 3 heterocycles. The van der Waals surface area contributed by atoms with Gasteiger partial charge >= 0.3 is 0 Å². The minimum absolute atomic E-state index is 0.0865. The summed E-state index contributed by atoms with van der Waals surface area (Å²) >= 11 is 0. The molecule has 1 unspecified atom stereocenters. The number of aromatic hydroxyl groups is 1. The number of hydrogen-bond acceptors (Lipinski definition) is 6. The van der Waals surface area contributed by atoms with Crippen LogP contribution in [0.4, 0.5) is 4.39 Å². The van der Waals surface area contributed by atoms with E-state index in [0.29, 0.717) is 37.9 Å². The van der Waals surface area contributed by atoms with Gasteiger partial charge < -0.3 is 25.0 Å². The van der Waals surface area contributed by atoms with E-state index in [-0.39, 0.29) is 30.3 Å². The molecule has 2 aromatic heterocycles. The van der Waals surface area contributed by atoms with E-state index >= 15 is 0 Å². The van der Waals surface area contributed by atoms with Crippen LogP contribution in [0.25, 0.3) is 11.0 Å². The lowest BCUT2D eigenvalue weighted by Crippen LogP contribution is -2.37. The summed E-state index contributed by atoms with van der Waals surface area (Å²) in [7, 11) is 0. The van der Waals surface area contributed by atoms with Gasteiger partial charge in [0.2, 0.25) is 5.91 Å². The first kappa shape index (κ1) is 27.3. The van der Waals surface area contributed by atoms with Gasteiger partial charge in [-0.3, -0.25) is 19.4 Å². The number of aryl methyl sites for hydroxylation is 1. The zero-order valence-corrected chi connectivity index (χ0v) is 21.5. The first-order valence-corrected chi connectivity index (χ1v) is 13.0. The normalized spacial score (nSPS) is 14.9. The first-order chi connectivity index (χ1) is 18.2. The van der Waals surface area contributed by atoms with Crippen molar-refractivity contribution in [3.05, 3.63) is 69.4 Å². The van der Waals surface area contributed by atoms with Gasteiger partial charge in [-0.05, 0) is 61.9 Å². The summed E-state index contributed by atoms with van der Waals surface area (Å²) < 4.78 is 14.7. The number of likely N-dealkylation sites (tertiary alicyclic amines) is 1. The van der Waals surface area contributed by atoms with Crippen LogP contribution in [-0.2, 0) is 17.8 Å². The highest BCUT2D eigenvalue weighted by Crippen LogP contribution is 2.26. The third-order valence-electron chi connectivity index (χ3n) is 6.72. The van der Waals surface area contributed by atoms with Gasteiger partial charge in [-0.15, -0.1) is 0 Å². The van der Waals surface area contributed by atoms with Gasteiger partial charge in [0, 0.05) is 38.8 Å². The van der Waals surface area contributed by atoms with Crippen LogP contribution in [0, 0.1) is 5.82 Å². The Morgan fingerprint density at radius 1 is 1.13 bits per heavy atom. The van der Waals surface area contributed by atoms with Crippen molar-refractivity contribution in [1.29, 1.82) is 0 Å². The molecule has 0 spiro atoms. The molecule has 0 radical (unpaired) electrons. The molecule has 4 rings (SSSR count). The highest BCUT2D eigenvalue weighted by Gasteiger charge is 2.24. The van der Waals surface area contributed by atoms with E-state index in [9.17, 15) is 29.0 Å². The highest BCUT2D eigenvalue weighted by atomic mass is 19.1. The van der Waals surface area contributed by atoms with E-state index in [0.717, 1.165) is 30.4 Å². The smallest absolute Gasteiger partial charge is 0.267 e. The second-order valence-electron chi connectivity index (χ2n) is 9.80. The third kappa shape index (κ3) is 6.36. The van der Waals surface area contributed by atoms with Crippen LogP contribution in [0.2, 0.25) is 0 Å². The molecule has 1 atom stereocenters. The van der Waals surface area contributed by atoms with Crippen molar-refractivity contribution < 1.29 is 24.2 Å². The fraction of sp³-hybridized carbons (Fsp3) is 0.429. The number of halogens is 1. The zero-order chi connectivity index (χ0) is 27.2. The molecule has 3 N–H and O–H groups in total. The molecule has 1 aromatic carbocycles. The van der Waals surface area contributed by atoms with Crippen LogP contribution in [0.3, 0.4) is 0 Å². The number of rotatable bonds is 9. The second kappa shape index (κ2) is 12.2. The van der Waals surface area contributed by atoms with Crippen LogP contribution in [0.5, 0.6) is 5.75 Å². The number of benzene rings is 1. The summed E-state index contributed by atoms with van der Waals surface area (Å²) in [6.45, 7) is 2.77. The molecule has 0 bridgehead atoms. The fourth-order valence-corrected chi connectivity index (χ4v) is 4.73. The molecular formula is C28H33FN4O5. The summed E-state index contributed by atoms with van der Waals surface area (Å²) in [6.07, 6.45) is 4.97. The molecule has 3 aromatic rings. The van der Waals surface area contributed by atoms with E-state index in [2.05, 4.69) is 10.3 Å². The molecule has 0 aliphatic carbocycles. The Morgan fingerprint density at radius 3 is 2.63 bits per heavy atom. The van der Waals surface area contributed by atoms with Gasteiger partial charge in [0.25, 0.3) is 11.5 Å². The number of pyridine rings is 2. The predicted molar refractivity (Wildman–Crippen MR) is 141 cm³/mol. The summed E-state index contributed by atoms with van der Waals surface area (Å²) in [5.41, 5.74) is 0.927. The molecular weight excluding hydrogens is 491 g/mol. The van der Waals surface area contributed by atoms with Crippen molar-refractivity contribution in [1.82, 2.24) is 19.8 Å². The molecule has 202 valence electrons. The number of aromatic nitrogens is 2. The number of carbonyl (C=O) groups is 2. The van der Waals surface area contributed by atoms with Crippen LogP contribution in [0.15, 0.2) is 41.3 Å². The molecule has 1 aliphatic heterocycles. The van der Waals surface area contributed by atoms with Crippen LogP contribution < -0.4 is 10.9 Å². The average Bonchev–Trinajstić information content (AvgIpc) is 3.10. The molecule has 9 nitrogen and oxygen atoms in total. The minimum Gasteiger partial charge on any atom is -0.505 e. The predicted octanol–water partition coefficient (Wildman–Crippen LogP) is 2.74. The van der Waals surface area contributed by atoms with Gasteiger partial charge in [-0.2, -0.15) is 0 Å². The van der Waals surface area contributed by atoms with Gasteiger partial charge in [-0.25, -0.2) is 4.39 Å². The maximum Gasteiger partial charge on any atom is 0.267 e. The Bertz CT molecular complexity index is 1370.